The SMILES string of the molecule is CC(=O)NC1CCN(C(=O)C[C@@]2(COc3cc(C)c(Cl)c(C)c3)CN(Cc3cccc(C(F)(F)F)c3)CCO2)CC1. The average molecular weight is 596 g/mol. The summed E-state index contributed by atoms with van der Waals surface area (Å²) >= 11 is 6.32. The van der Waals surface area contributed by atoms with E-state index in [0.29, 0.717) is 62.0 Å². The van der Waals surface area contributed by atoms with Crippen molar-refractivity contribution < 1.29 is 32.2 Å². The van der Waals surface area contributed by atoms with E-state index in [0.717, 1.165) is 23.3 Å². The summed E-state index contributed by atoms with van der Waals surface area (Å²) in [6.45, 7) is 7.78. The van der Waals surface area contributed by atoms with Gasteiger partial charge in [0.15, 0.2) is 0 Å². The highest BCUT2D eigenvalue weighted by Crippen LogP contribution is 2.32. The first-order valence-electron chi connectivity index (χ1n) is 13.8. The Morgan fingerprint density at radius 3 is 2.44 bits per heavy atom. The molecule has 2 aromatic rings. The molecule has 2 amide bonds. The van der Waals surface area contributed by atoms with Gasteiger partial charge in [0.1, 0.15) is 18.0 Å². The number of carbonyl (C=O) groups excluding carboxylic acids is 2. The number of ether oxygens (including phenoxy) is 2. The summed E-state index contributed by atoms with van der Waals surface area (Å²) in [7, 11) is 0. The third-order valence-corrected chi connectivity index (χ3v) is 8.22. The van der Waals surface area contributed by atoms with Crippen LogP contribution in [-0.2, 0) is 27.0 Å². The van der Waals surface area contributed by atoms with Gasteiger partial charge in [0, 0.05) is 50.7 Å². The van der Waals surface area contributed by atoms with Crippen molar-refractivity contribution in [1.29, 1.82) is 0 Å². The number of nitrogens with one attached hydrogen (secondary N) is 1. The van der Waals surface area contributed by atoms with E-state index in [1.54, 1.807) is 11.0 Å². The number of aryl methyl sites for hydroxylation is 2. The number of hydrogen-bond acceptors (Lipinski definition) is 5. The molecule has 0 bridgehead atoms. The van der Waals surface area contributed by atoms with Gasteiger partial charge >= 0.3 is 6.18 Å². The van der Waals surface area contributed by atoms with Crippen molar-refractivity contribution >= 4 is 23.4 Å². The average Bonchev–Trinajstić information content (AvgIpc) is 2.90. The zero-order valence-corrected chi connectivity index (χ0v) is 24.4. The molecule has 2 heterocycles. The third-order valence-electron chi connectivity index (χ3n) is 7.63. The zero-order chi connectivity index (χ0) is 29.8. The number of carbonyl (C=O) groups is 2. The quantitative estimate of drug-likeness (QED) is 0.458. The molecule has 2 aromatic carbocycles. The normalized spacial score (nSPS) is 20.6. The van der Waals surface area contributed by atoms with Crippen LogP contribution in [0.2, 0.25) is 5.02 Å². The van der Waals surface area contributed by atoms with Gasteiger partial charge in [-0.15, -0.1) is 0 Å². The van der Waals surface area contributed by atoms with Gasteiger partial charge < -0.3 is 19.7 Å². The number of benzene rings is 2. The molecule has 1 N–H and O–H groups in total. The van der Waals surface area contributed by atoms with E-state index in [9.17, 15) is 22.8 Å². The number of likely N-dealkylation sites (tertiary alicyclic amines) is 1. The molecule has 2 aliphatic heterocycles. The van der Waals surface area contributed by atoms with Crippen LogP contribution in [0.1, 0.15) is 48.4 Å². The highest BCUT2D eigenvalue weighted by Gasteiger charge is 2.41. The number of halogens is 4. The summed E-state index contributed by atoms with van der Waals surface area (Å²) in [6.07, 6.45) is -3.03. The summed E-state index contributed by atoms with van der Waals surface area (Å²) in [4.78, 5) is 28.7. The maximum absolute atomic E-state index is 13.5. The van der Waals surface area contributed by atoms with E-state index in [1.807, 2.05) is 30.9 Å². The third kappa shape index (κ3) is 8.36. The Kier molecular flexibility index (Phi) is 9.87. The second-order valence-corrected chi connectivity index (χ2v) is 11.5. The highest BCUT2D eigenvalue weighted by molar-refractivity contribution is 6.32. The second kappa shape index (κ2) is 13.0. The minimum atomic E-state index is -4.42. The first kappa shape index (κ1) is 31.1. The monoisotopic (exact) mass is 595 g/mol. The Morgan fingerprint density at radius 2 is 1.80 bits per heavy atom. The summed E-state index contributed by atoms with van der Waals surface area (Å²) in [5.74, 6) is 0.431. The molecule has 0 radical (unpaired) electrons. The van der Waals surface area contributed by atoms with Crippen LogP contribution in [0.15, 0.2) is 36.4 Å². The lowest BCUT2D eigenvalue weighted by molar-refractivity contribution is -0.157. The molecule has 4 rings (SSSR count). The molecule has 0 spiro atoms. The number of alkyl halides is 3. The zero-order valence-electron chi connectivity index (χ0n) is 23.7. The molecule has 0 saturated carbocycles. The maximum Gasteiger partial charge on any atom is 0.416 e. The Balaban J connectivity index is 1.50. The summed E-state index contributed by atoms with van der Waals surface area (Å²) in [5.41, 5.74) is 0.567. The van der Waals surface area contributed by atoms with Crippen LogP contribution < -0.4 is 10.1 Å². The van der Waals surface area contributed by atoms with Crippen molar-refractivity contribution in [3.63, 3.8) is 0 Å². The Hall–Kier alpha value is -2.82. The summed E-state index contributed by atoms with van der Waals surface area (Å²) in [6, 6.07) is 9.02. The van der Waals surface area contributed by atoms with Crippen LogP contribution in [0.25, 0.3) is 0 Å². The van der Waals surface area contributed by atoms with Crippen molar-refractivity contribution in [2.75, 3.05) is 39.4 Å². The molecule has 2 saturated heterocycles. The van der Waals surface area contributed by atoms with E-state index in [1.165, 1.54) is 13.0 Å². The van der Waals surface area contributed by atoms with Gasteiger partial charge in [-0.25, -0.2) is 0 Å². The van der Waals surface area contributed by atoms with Gasteiger partial charge in [0.2, 0.25) is 11.8 Å². The molecule has 0 unspecified atom stereocenters. The molecule has 7 nitrogen and oxygen atoms in total. The van der Waals surface area contributed by atoms with Crippen LogP contribution in [0, 0.1) is 13.8 Å². The van der Waals surface area contributed by atoms with Crippen LogP contribution in [0.5, 0.6) is 5.75 Å². The largest absolute Gasteiger partial charge is 0.490 e. The fourth-order valence-electron chi connectivity index (χ4n) is 5.56. The molecule has 41 heavy (non-hydrogen) atoms. The first-order chi connectivity index (χ1) is 19.3. The number of piperidine rings is 1. The lowest BCUT2D eigenvalue weighted by Gasteiger charge is -2.43. The molecule has 0 aliphatic carbocycles. The van der Waals surface area contributed by atoms with Crippen molar-refractivity contribution in [1.82, 2.24) is 15.1 Å². The lowest BCUT2D eigenvalue weighted by Crippen LogP contribution is -2.57. The maximum atomic E-state index is 13.5. The number of amides is 2. The molecule has 1 atom stereocenters. The number of morpholine rings is 1. The van der Waals surface area contributed by atoms with Crippen LogP contribution >= 0.6 is 11.6 Å². The van der Waals surface area contributed by atoms with E-state index < -0.39 is 17.3 Å². The Labute approximate surface area is 243 Å². The lowest BCUT2D eigenvalue weighted by atomic mass is 9.95. The minimum absolute atomic E-state index is 0.0408. The molecule has 11 heteroatoms. The van der Waals surface area contributed by atoms with Gasteiger partial charge in [-0.1, -0.05) is 29.8 Å². The van der Waals surface area contributed by atoms with Crippen molar-refractivity contribution in [3.05, 3.63) is 63.7 Å². The number of nitrogens with zero attached hydrogens (tertiary/aromatic N) is 2. The summed E-state index contributed by atoms with van der Waals surface area (Å²) in [5, 5.41) is 3.57. The van der Waals surface area contributed by atoms with E-state index in [-0.39, 0.29) is 37.4 Å². The van der Waals surface area contributed by atoms with Crippen LogP contribution in [-0.4, -0.2) is 72.6 Å². The van der Waals surface area contributed by atoms with Crippen LogP contribution in [0.4, 0.5) is 13.2 Å². The standard InChI is InChI=1S/C30H37ClF3N3O4/c1-20-13-26(14-21(2)28(20)31)40-19-29(16-27(39)37-9-7-25(8-10-37)35-22(3)38)18-36(11-12-41-29)17-23-5-4-6-24(15-23)30(32,33)34/h4-6,13-15,25H,7-12,16-19H2,1-3H3,(H,35,38)/t29-/m0/s1. The molecule has 2 aliphatic rings. The highest BCUT2D eigenvalue weighted by atomic mass is 35.5. The molecular weight excluding hydrogens is 559 g/mol. The number of rotatable bonds is 8. The molecular formula is C30H37ClF3N3O4. The van der Waals surface area contributed by atoms with Gasteiger partial charge in [0.05, 0.1) is 18.6 Å². The van der Waals surface area contributed by atoms with Crippen molar-refractivity contribution in [2.24, 2.45) is 0 Å². The minimum Gasteiger partial charge on any atom is -0.490 e. The predicted molar refractivity (Wildman–Crippen MR) is 150 cm³/mol. The topological polar surface area (TPSA) is 71.1 Å². The van der Waals surface area contributed by atoms with E-state index in [4.69, 9.17) is 21.1 Å². The molecule has 0 aromatic heterocycles. The van der Waals surface area contributed by atoms with Gasteiger partial charge in [0.25, 0.3) is 0 Å². The first-order valence-corrected chi connectivity index (χ1v) is 14.2. The van der Waals surface area contributed by atoms with Crippen molar-refractivity contribution in [2.45, 2.75) is 64.4 Å². The van der Waals surface area contributed by atoms with Crippen LogP contribution in [0.3, 0.4) is 0 Å². The fraction of sp³-hybridized carbons (Fsp3) is 0.533. The fourth-order valence-corrected chi connectivity index (χ4v) is 5.67. The van der Waals surface area contributed by atoms with E-state index >= 15 is 0 Å². The summed E-state index contributed by atoms with van der Waals surface area (Å²) < 4.78 is 52.4. The van der Waals surface area contributed by atoms with E-state index in [2.05, 4.69) is 5.32 Å². The van der Waals surface area contributed by atoms with Gasteiger partial charge in [-0.2, -0.15) is 13.2 Å². The Morgan fingerprint density at radius 1 is 1.12 bits per heavy atom. The smallest absolute Gasteiger partial charge is 0.416 e. The van der Waals surface area contributed by atoms with Crippen molar-refractivity contribution in [3.8, 4) is 5.75 Å². The molecule has 224 valence electrons. The molecule has 2 fully saturated rings. The van der Waals surface area contributed by atoms with Gasteiger partial charge in [-0.3, -0.25) is 14.5 Å². The number of hydrogen-bond donors (Lipinski definition) is 1. The second-order valence-electron chi connectivity index (χ2n) is 11.1. The van der Waals surface area contributed by atoms with Gasteiger partial charge in [-0.05, 0) is 61.6 Å². The Bertz CT molecular complexity index is 1230. The predicted octanol–water partition coefficient (Wildman–Crippen LogP) is 5.14.